The fourth-order valence-corrected chi connectivity index (χ4v) is 2.00. The third-order valence-corrected chi connectivity index (χ3v) is 4.00. The Bertz CT molecular complexity index is 281. The molecule has 8 heteroatoms. The van der Waals surface area contributed by atoms with Crippen LogP contribution in [0.1, 0.15) is 0 Å². The second-order valence-electron chi connectivity index (χ2n) is 2.40. The van der Waals surface area contributed by atoms with Crippen LogP contribution in [0.25, 0.3) is 0 Å². The zero-order valence-corrected chi connectivity index (χ0v) is 9.80. The van der Waals surface area contributed by atoms with Gasteiger partial charge in [-0.3, -0.25) is 0 Å². The summed E-state index contributed by atoms with van der Waals surface area (Å²) >= 11 is 25.7. The first-order valence-electron chi connectivity index (χ1n) is 3.01. The van der Waals surface area contributed by atoms with Crippen molar-refractivity contribution >= 4 is 58.0 Å². The molecule has 0 aliphatic heterocycles. The monoisotopic (exact) mass is 304 g/mol. The maximum atomic E-state index is 13.4. The van der Waals surface area contributed by atoms with Gasteiger partial charge in [-0.05, 0) is 0 Å². The van der Waals surface area contributed by atoms with Crippen LogP contribution in [0.2, 0.25) is 0 Å². The predicted octanol–water partition coefficient (Wildman–Crippen LogP) is 4.92. The summed E-state index contributed by atoms with van der Waals surface area (Å²) in [5, 5.41) is -7.70. The van der Waals surface area contributed by atoms with E-state index in [2.05, 4.69) is 0 Å². The smallest absolute Gasteiger partial charge is 0.213 e. The van der Waals surface area contributed by atoms with Crippen LogP contribution in [0.5, 0.6) is 0 Å². The van der Waals surface area contributed by atoms with E-state index < -0.39 is 31.2 Å². The van der Waals surface area contributed by atoms with Crippen molar-refractivity contribution in [1.29, 1.82) is 0 Å². The van der Waals surface area contributed by atoms with Crippen LogP contribution in [0.4, 0.5) is 13.2 Å². The lowest BCUT2D eigenvalue weighted by atomic mass is 10.1. The second-order valence-corrected chi connectivity index (χ2v) is 4.44. The lowest BCUT2D eigenvalue weighted by Crippen LogP contribution is -2.32. The molecule has 0 amide bonds. The lowest BCUT2D eigenvalue weighted by Gasteiger charge is -2.28. The third-order valence-electron chi connectivity index (χ3n) is 1.49. The SMILES string of the molecule is FC1(F)C(Cl)=C(Cl)C(F)(Cl)C(Cl)=C1Cl. The molecule has 14 heavy (non-hydrogen) atoms. The Labute approximate surface area is 102 Å². The van der Waals surface area contributed by atoms with Gasteiger partial charge in [-0.2, -0.15) is 8.78 Å². The Kier molecular flexibility index (Phi) is 3.32. The first-order chi connectivity index (χ1) is 6.13. The minimum Gasteiger partial charge on any atom is -0.213 e. The standard InChI is InChI=1S/C6Cl5F3/c7-1-3(9)6(13,14)4(10)2(8)5(1,11)12. The molecule has 1 aliphatic rings. The van der Waals surface area contributed by atoms with Crippen molar-refractivity contribution in [1.82, 2.24) is 0 Å². The molecule has 0 aromatic heterocycles. The van der Waals surface area contributed by atoms with E-state index >= 15 is 0 Å². The Morgan fingerprint density at radius 2 is 1.00 bits per heavy atom. The average molecular weight is 306 g/mol. The van der Waals surface area contributed by atoms with E-state index in [1.807, 2.05) is 0 Å². The van der Waals surface area contributed by atoms with Gasteiger partial charge in [0.05, 0.1) is 10.1 Å². The molecule has 0 atom stereocenters. The third kappa shape index (κ3) is 1.63. The van der Waals surface area contributed by atoms with Crippen molar-refractivity contribution in [3.63, 3.8) is 0 Å². The predicted molar refractivity (Wildman–Crippen MR) is 52.1 cm³/mol. The van der Waals surface area contributed by atoms with E-state index in [1.165, 1.54) is 0 Å². The molecule has 0 heterocycles. The van der Waals surface area contributed by atoms with E-state index in [1.54, 1.807) is 0 Å². The number of halogens is 8. The van der Waals surface area contributed by atoms with Gasteiger partial charge in [0, 0.05) is 0 Å². The van der Waals surface area contributed by atoms with Gasteiger partial charge in [-0.1, -0.05) is 58.0 Å². The molecular weight excluding hydrogens is 306 g/mol. The van der Waals surface area contributed by atoms with Crippen LogP contribution in [-0.2, 0) is 0 Å². The molecule has 0 fully saturated rings. The van der Waals surface area contributed by atoms with E-state index in [9.17, 15) is 13.2 Å². The summed E-state index contributed by atoms with van der Waals surface area (Å²) in [6.45, 7) is 0. The lowest BCUT2D eigenvalue weighted by molar-refractivity contribution is 0.0933. The number of allylic oxidation sites excluding steroid dienone is 4. The molecule has 0 nitrogen and oxygen atoms in total. The van der Waals surface area contributed by atoms with E-state index in [4.69, 9.17) is 58.0 Å². The molecule has 0 spiro atoms. The summed E-state index contributed by atoms with van der Waals surface area (Å²) in [6.07, 6.45) is 0. The summed E-state index contributed by atoms with van der Waals surface area (Å²) in [6, 6.07) is 0. The Morgan fingerprint density at radius 3 is 1.29 bits per heavy atom. The summed E-state index contributed by atoms with van der Waals surface area (Å²) in [5.74, 6) is -3.80. The molecule has 0 radical (unpaired) electrons. The van der Waals surface area contributed by atoms with Crippen LogP contribution in [0.15, 0.2) is 20.1 Å². The summed E-state index contributed by atoms with van der Waals surface area (Å²) in [4.78, 5) is 0. The largest absolute Gasteiger partial charge is 0.321 e. The molecule has 0 bridgehead atoms. The summed E-state index contributed by atoms with van der Waals surface area (Å²) in [5.41, 5.74) is 0. The van der Waals surface area contributed by atoms with Crippen molar-refractivity contribution in [3.05, 3.63) is 20.1 Å². The summed E-state index contributed by atoms with van der Waals surface area (Å²) in [7, 11) is 0. The van der Waals surface area contributed by atoms with Gasteiger partial charge in [0.1, 0.15) is 10.1 Å². The summed E-state index contributed by atoms with van der Waals surface area (Å²) < 4.78 is 39.5. The van der Waals surface area contributed by atoms with Gasteiger partial charge in [0.25, 0.3) is 5.13 Å². The highest BCUT2D eigenvalue weighted by Gasteiger charge is 2.54. The highest BCUT2D eigenvalue weighted by molar-refractivity contribution is 6.53. The van der Waals surface area contributed by atoms with Crippen LogP contribution in [0, 0.1) is 0 Å². The first kappa shape index (κ1) is 12.8. The van der Waals surface area contributed by atoms with E-state index in [-0.39, 0.29) is 0 Å². The van der Waals surface area contributed by atoms with Crippen molar-refractivity contribution < 1.29 is 13.2 Å². The normalized spacial score (nSPS) is 25.7. The van der Waals surface area contributed by atoms with Gasteiger partial charge < -0.3 is 0 Å². The molecule has 0 N–H and O–H groups in total. The van der Waals surface area contributed by atoms with Crippen molar-refractivity contribution in [3.8, 4) is 0 Å². The average Bonchev–Trinajstić information content (AvgIpc) is 2.11. The maximum Gasteiger partial charge on any atom is 0.321 e. The highest BCUT2D eigenvalue weighted by Crippen LogP contribution is 2.55. The zero-order chi connectivity index (χ0) is 11.3. The van der Waals surface area contributed by atoms with Gasteiger partial charge in [0.2, 0.25) is 0 Å². The van der Waals surface area contributed by atoms with Crippen LogP contribution >= 0.6 is 58.0 Å². The highest BCUT2D eigenvalue weighted by atomic mass is 35.5. The van der Waals surface area contributed by atoms with Gasteiger partial charge >= 0.3 is 5.92 Å². The van der Waals surface area contributed by atoms with Crippen LogP contribution < -0.4 is 0 Å². The van der Waals surface area contributed by atoms with Crippen molar-refractivity contribution in [2.45, 2.75) is 11.1 Å². The number of alkyl halides is 4. The molecule has 0 aromatic rings. The Hall–Kier alpha value is 0.720. The molecule has 0 unspecified atom stereocenters. The van der Waals surface area contributed by atoms with Crippen LogP contribution in [-0.4, -0.2) is 11.1 Å². The molecule has 1 rings (SSSR count). The molecule has 0 aromatic carbocycles. The Balaban J connectivity index is 3.46. The van der Waals surface area contributed by atoms with Gasteiger partial charge in [0.15, 0.2) is 0 Å². The number of rotatable bonds is 0. The fraction of sp³-hybridized carbons (Fsp3) is 0.333. The minimum absolute atomic E-state index is 1.08. The van der Waals surface area contributed by atoms with E-state index in [0.717, 1.165) is 0 Å². The number of hydrogen-bond donors (Lipinski definition) is 0. The van der Waals surface area contributed by atoms with E-state index in [0.29, 0.717) is 0 Å². The fourth-order valence-electron chi connectivity index (χ4n) is 0.744. The second kappa shape index (κ2) is 3.63. The minimum atomic E-state index is -3.80. The quantitative estimate of drug-likeness (QED) is 0.557. The van der Waals surface area contributed by atoms with Crippen molar-refractivity contribution in [2.24, 2.45) is 0 Å². The Morgan fingerprint density at radius 1 is 0.714 bits per heavy atom. The van der Waals surface area contributed by atoms with Gasteiger partial charge in [-0.15, -0.1) is 0 Å². The molecule has 0 saturated carbocycles. The maximum absolute atomic E-state index is 13.4. The molecule has 80 valence electrons. The number of hydrogen-bond acceptors (Lipinski definition) is 0. The van der Waals surface area contributed by atoms with Gasteiger partial charge in [-0.25, -0.2) is 4.39 Å². The molecule has 1 aliphatic carbocycles. The molecule has 0 saturated heterocycles. The first-order valence-corrected chi connectivity index (χ1v) is 4.90. The van der Waals surface area contributed by atoms with Crippen LogP contribution in [0.3, 0.4) is 0 Å². The topological polar surface area (TPSA) is 0 Å². The zero-order valence-electron chi connectivity index (χ0n) is 6.02. The van der Waals surface area contributed by atoms with Crippen molar-refractivity contribution in [2.75, 3.05) is 0 Å². The molecular formula is C6Cl5F3.